The second kappa shape index (κ2) is 5.25. The Bertz CT molecular complexity index is 340. The van der Waals surface area contributed by atoms with Gasteiger partial charge in [0.25, 0.3) is 0 Å². The number of rotatable bonds is 4. The van der Waals surface area contributed by atoms with Crippen molar-refractivity contribution in [3.05, 3.63) is 16.1 Å². The molecule has 3 atom stereocenters. The van der Waals surface area contributed by atoms with E-state index >= 15 is 0 Å². The third-order valence-corrected chi connectivity index (χ3v) is 4.56. The van der Waals surface area contributed by atoms with Gasteiger partial charge in [0, 0.05) is 17.1 Å². The third kappa shape index (κ3) is 2.62. The van der Waals surface area contributed by atoms with Crippen LogP contribution in [-0.4, -0.2) is 22.2 Å². The van der Waals surface area contributed by atoms with Crippen LogP contribution in [0, 0.1) is 0 Å². The van der Waals surface area contributed by atoms with E-state index in [2.05, 4.69) is 24.1 Å². The molecule has 1 fully saturated rings. The number of aliphatic hydroxyl groups excluding tert-OH is 1. The Kier molecular flexibility index (Phi) is 3.95. The van der Waals surface area contributed by atoms with Crippen molar-refractivity contribution < 1.29 is 5.11 Å². The molecule has 0 aromatic carbocycles. The molecule has 1 aliphatic rings. The summed E-state index contributed by atoms with van der Waals surface area (Å²) >= 11 is 1.77. The Morgan fingerprint density at radius 2 is 2.44 bits per heavy atom. The highest BCUT2D eigenvalue weighted by atomic mass is 32.1. The fourth-order valence-electron chi connectivity index (χ4n) is 2.21. The molecular formula is C12H20N2OS. The summed E-state index contributed by atoms with van der Waals surface area (Å²) in [6, 6.07) is 0.507. The lowest BCUT2D eigenvalue weighted by molar-refractivity contribution is 0.144. The summed E-state index contributed by atoms with van der Waals surface area (Å²) in [7, 11) is 0. The van der Waals surface area contributed by atoms with Gasteiger partial charge in [0.2, 0.25) is 0 Å². The summed E-state index contributed by atoms with van der Waals surface area (Å²) in [5, 5.41) is 14.4. The van der Waals surface area contributed by atoms with Crippen LogP contribution in [0.1, 0.15) is 49.0 Å². The zero-order valence-electron chi connectivity index (χ0n) is 9.94. The lowest BCUT2D eigenvalue weighted by Crippen LogP contribution is -2.37. The van der Waals surface area contributed by atoms with Crippen LogP contribution in [0.5, 0.6) is 0 Å². The van der Waals surface area contributed by atoms with Crippen LogP contribution >= 0.6 is 11.3 Å². The van der Waals surface area contributed by atoms with Gasteiger partial charge in [-0.05, 0) is 32.6 Å². The van der Waals surface area contributed by atoms with Gasteiger partial charge in [-0.15, -0.1) is 11.3 Å². The molecule has 2 N–H and O–H groups in total. The highest BCUT2D eigenvalue weighted by Crippen LogP contribution is 2.25. The molecule has 1 aliphatic carbocycles. The standard InChI is InChI=1S/C12H20N2OS/c1-3-9-7-13-12(16-9)8(2)14-10-5-4-6-11(10)15/h7-8,10-11,14-15H,3-6H2,1-2H3/t8?,10-,11-/m0/s1. The minimum absolute atomic E-state index is 0.173. The molecule has 1 aromatic rings. The summed E-state index contributed by atoms with van der Waals surface area (Å²) in [6.45, 7) is 4.28. The van der Waals surface area contributed by atoms with E-state index in [1.165, 1.54) is 4.88 Å². The van der Waals surface area contributed by atoms with Crippen LogP contribution in [0.2, 0.25) is 0 Å². The number of hydrogen-bond donors (Lipinski definition) is 2. The number of hydrogen-bond acceptors (Lipinski definition) is 4. The van der Waals surface area contributed by atoms with Crippen LogP contribution in [0.3, 0.4) is 0 Å². The first-order chi connectivity index (χ1) is 7.70. The Morgan fingerprint density at radius 3 is 3.00 bits per heavy atom. The van der Waals surface area contributed by atoms with E-state index < -0.39 is 0 Å². The summed E-state index contributed by atoms with van der Waals surface area (Å²) in [5.74, 6) is 0. The van der Waals surface area contributed by atoms with E-state index in [0.29, 0.717) is 0 Å². The second-order valence-corrected chi connectivity index (χ2v) is 5.66. The minimum Gasteiger partial charge on any atom is -0.392 e. The van der Waals surface area contributed by atoms with Crippen molar-refractivity contribution in [1.29, 1.82) is 0 Å². The molecule has 90 valence electrons. The Morgan fingerprint density at radius 1 is 1.62 bits per heavy atom. The maximum atomic E-state index is 9.76. The van der Waals surface area contributed by atoms with Gasteiger partial charge >= 0.3 is 0 Å². The maximum Gasteiger partial charge on any atom is 0.109 e. The van der Waals surface area contributed by atoms with Gasteiger partial charge in [0.15, 0.2) is 0 Å². The smallest absolute Gasteiger partial charge is 0.109 e. The predicted octanol–water partition coefficient (Wildman–Crippen LogP) is 2.27. The third-order valence-electron chi connectivity index (χ3n) is 3.23. The van der Waals surface area contributed by atoms with Crippen molar-refractivity contribution in [2.45, 2.75) is 57.7 Å². The zero-order valence-corrected chi connectivity index (χ0v) is 10.8. The molecule has 3 nitrogen and oxygen atoms in total. The van der Waals surface area contributed by atoms with Crippen molar-refractivity contribution >= 4 is 11.3 Å². The van der Waals surface area contributed by atoms with Gasteiger partial charge in [0.05, 0.1) is 12.1 Å². The van der Waals surface area contributed by atoms with Gasteiger partial charge in [-0.2, -0.15) is 0 Å². The average Bonchev–Trinajstić information content (AvgIpc) is 2.88. The van der Waals surface area contributed by atoms with Gasteiger partial charge in [-0.3, -0.25) is 0 Å². The Labute approximate surface area is 101 Å². The molecule has 2 rings (SSSR count). The molecule has 1 aromatic heterocycles. The first-order valence-electron chi connectivity index (χ1n) is 6.09. The van der Waals surface area contributed by atoms with Crippen LogP contribution < -0.4 is 5.32 Å². The van der Waals surface area contributed by atoms with Crippen molar-refractivity contribution in [1.82, 2.24) is 10.3 Å². The number of aryl methyl sites for hydroxylation is 1. The normalized spacial score (nSPS) is 27.2. The van der Waals surface area contributed by atoms with E-state index in [9.17, 15) is 5.11 Å². The topological polar surface area (TPSA) is 45.2 Å². The largest absolute Gasteiger partial charge is 0.392 e. The van der Waals surface area contributed by atoms with Gasteiger partial charge in [0.1, 0.15) is 5.01 Å². The molecule has 0 spiro atoms. The number of nitrogens with one attached hydrogen (secondary N) is 1. The molecular weight excluding hydrogens is 220 g/mol. The highest BCUT2D eigenvalue weighted by molar-refractivity contribution is 7.11. The van der Waals surface area contributed by atoms with E-state index in [-0.39, 0.29) is 18.2 Å². The van der Waals surface area contributed by atoms with Crippen molar-refractivity contribution in [3.63, 3.8) is 0 Å². The molecule has 0 bridgehead atoms. The lowest BCUT2D eigenvalue weighted by Gasteiger charge is -2.20. The number of nitrogens with zero attached hydrogens (tertiary/aromatic N) is 1. The monoisotopic (exact) mass is 240 g/mol. The number of aromatic nitrogens is 1. The quantitative estimate of drug-likeness (QED) is 0.848. The molecule has 0 amide bonds. The second-order valence-electron chi connectivity index (χ2n) is 4.51. The van der Waals surface area contributed by atoms with Crippen molar-refractivity contribution in [3.8, 4) is 0 Å². The minimum atomic E-state index is -0.173. The number of aliphatic hydroxyl groups is 1. The Hall–Kier alpha value is -0.450. The molecule has 4 heteroatoms. The molecule has 1 heterocycles. The fourth-order valence-corrected chi connectivity index (χ4v) is 3.08. The summed E-state index contributed by atoms with van der Waals surface area (Å²) in [4.78, 5) is 5.76. The van der Waals surface area contributed by atoms with Gasteiger partial charge in [-0.1, -0.05) is 6.92 Å². The molecule has 0 saturated heterocycles. The lowest BCUT2D eigenvalue weighted by atomic mass is 10.2. The Balaban J connectivity index is 1.94. The SMILES string of the molecule is CCc1cnc(C(C)N[C@H]2CCC[C@@H]2O)s1. The summed E-state index contributed by atoms with van der Waals surface area (Å²) < 4.78 is 0. The fraction of sp³-hybridized carbons (Fsp3) is 0.750. The molecule has 0 aliphatic heterocycles. The molecule has 16 heavy (non-hydrogen) atoms. The highest BCUT2D eigenvalue weighted by Gasteiger charge is 2.27. The van der Waals surface area contributed by atoms with Gasteiger partial charge < -0.3 is 10.4 Å². The maximum absolute atomic E-state index is 9.76. The predicted molar refractivity (Wildman–Crippen MR) is 66.7 cm³/mol. The zero-order chi connectivity index (χ0) is 11.5. The summed E-state index contributed by atoms with van der Waals surface area (Å²) in [6.07, 6.45) is 5.98. The van der Waals surface area contributed by atoms with E-state index in [4.69, 9.17) is 0 Å². The molecule has 0 radical (unpaired) electrons. The van der Waals surface area contributed by atoms with E-state index in [1.54, 1.807) is 11.3 Å². The molecule has 1 saturated carbocycles. The first-order valence-corrected chi connectivity index (χ1v) is 6.91. The van der Waals surface area contributed by atoms with E-state index in [1.807, 2.05) is 6.20 Å². The van der Waals surface area contributed by atoms with Gasteiger partial charge in [-0.25, -0.2) is 4.98 Å². The first kappa shape index (κ1) is 12.0. The van der Waals surface area contributed by atoms with E-state index in [0.717, 1.165) is 30.7 Å². The number of thiazole rings is 1. The van der Waals surface area contributed by atoms with Crippen LogP contribution in [-0.2, 0) is 6.42 Å². The van der Waals surface area contributed by atoms with Crippen molar-refractivity contribution in [2.24, 2.45) is 0 Å². The molecule has 1 unspecified atom stereocenters. The summed E-state index contributed by atoms with van der Waals surface area (Å²) in [5.41, 5.74) is 0. The van der Waals surface area contributed by atoms with Crippen LogP contribution in [0.15, 0.2) is 6.20 Å². The van der Waals surface area contributed by atoms with Crippen LogP contribution in [0.4, 0.5) is 0 Å². The average molecular weight is 240 g/mol. The van der Waals surface area contributed by atoms with Crippen LogP contribution in [0.25, 0.3) is 0 Å². The van der Waals surface area contributed by atoms with Crippen molar-refractivity contribution in [2.75, 3.05) is 0 Å².